The molecule has 120 valence electrons. The zero-order chi connectivity index (χ0) is 17.0. The minimum Gasteiger partial charge on any atom is -0.321 e. The van der Waals surface area contributed by atoms with Crippen LogP contribution in [0.15, 0.2) is 36.4 Å². The van der Waals surface area contributed by atoms with Gasteiger partial charge in [-0.3, -0.25) is 14.9 Å². The summed E-state index contributed by atoms with van der Waals surface area (Å²) in [5, 5.41) is 14.3. The quantitative estimate of drug-likeness (QED) is 0.641. The molecule has 0 spiro atoms. The van der Waals surface area contributed by atoms with E-state index in [0.29, 0.717) is 17.1 Å². The van der Waals surface area contributed by atoms with Crippen LogP contribution < -0.4 is 5.32 Å². The second kappa shape index (κ2) is 7.24. The average molecular weight is 333 g/mol. The number of carbonyl (C=O) groups is 1. The number of halogens is 1. The number of nitro groups is 1. The summed E-state index contributed by atoms with van der Waals surface area (Å²) >= 11 is 6.21. The van der Waals surface area contributed by atoms with Crippen molar-refractivity contribution in [2.24, 2.45) is 0 Å². The molecule has 2 aromatic rings. The Morgan fingerprint density at radius 1 is 1.22 bits per heavy atom. The topological polar surface area (TPSA) is 72.2 Å². The number of nitro benzene ring substituents is 1. The number of rotatable bonds is 5. The third-order valence-corrected chi connectivity index (χ3v) is 3.99. The Bertz CT molecular complexity index is 759. The van der Waals surface area contributed by atoms with Gasteiger partial charge in [0, 0.05) is 28.4 Å². The summed E-state index contributed by atoms with van der Waals surface area (Å²) in [6.07, 6.45) is 1.42. The summed E-state index contributed by atoms with van der Waals surface area (Å²) in [6.45, 7) is 3.95. The van der Waals surface area contributed by atoms with Crippen molar-refractivity contribution in [3.05, 3.63) is 68.2 Å². The number of non-ortho nitro benzene ring substituents is 1. The van der Waals surface area contributed by atoms with Crippen LogP contribution in [-0.4, -0.2) is 10.8 Å². The lowest BCUT2D eigenvalue weighted by Crippen LogP contribution is -2.15. The number of carbonyl (C=O) groups excluding carboxylic acids is 1. The molecule has 23 heavy (non-hydrogen) atoms. The second-order valence-electron chi connectivity index (χ2n) is 5.03. The van der Waals surface area contributed by atoms with Crippen molar-refractivity contribution in [2.45, 2.75) is 26.7 Å². The smallest absolute Gasteiger partial charge is 0.270 e. The van der Waals surface area contributed by atoms with Crippen LogP contribution >= 0.6 is 11.6 Å². The fourth-order valence-corrected chi connectivity index (χ4v) is 2.70. The highest BCUT2D eigenvalue weighted by Crippen LogP contribution is 2.30. The molecule has 0 saturated heterocycles. The van der Waals surface area contributed by atoms with Crippen molar-refractivity contribution < 1.29 is 9.72 Å². The van der Waals surface area contributed by atoms with E-state index >= 15 is 0 Å². The molecular weight excluding hydrogens is 316 g/mol. The van der Waals surface area contributed by atoms with Gasteiger partial charge in [-0.1, -0.05) is 37.6 Å². The van der Waals surface area contributed by atoms with E-state index in [2.05, 4.69) is 5.32 Å². The van der Waals surface area contributed by atoms with E-state index in [1.165, 1.54) is 18.2 Å². The van der Waals surface area contributed by atoms with Gasteiger partial charge in [-0.25, -0.2) is 0 Å². The van der Waals surface area contributed by atoms with Crippen molar-refractivity contribution in [1.29, 1.82) is 0 Å². The molecule has 2 aromatic carbocycles. The molecule has 0 aliphatic rings. The van der Waals surface area contributed by atoms with Crippen LogP contribution in [0.1, 0.15) is 35.3 Å². The number of aryl methyl sites for hydroxylation is 1. The summed E-state index contributed by atoms with van der Waals surface area (Å²) in [4.78, 5) is 22.8. The lowest BCUT2D eigenvalue weighted by atomic mass is 10.0. The van der Waals surface area contributed by atoms with Gasteiger partial charge in [-0.05, 0) is 36.1 Å². The fraction of sp³-hybridized carbons (Fsp3) is 0.235. The summed E-state index contributed by atoms with van der Waals surface area (Å²) in [7, 11) is 0. The molecule has 1 amide bonds. The Morgan fingerprint density at radius 2 is 1.96 bits per heavy atom. The van der Waals surface area contributed by atoms with E-state index in [9.17, 15) is 14.9 Å². The molecule has 0 radical (unpaired) electrons. The first-order valence-corrected chi connectivity index (χ1v) is 7.71. The number of amides is 1. The molecule has 0 aliphatic carbocycles. The minimum absolute atomic E-state index is 0.116. The number of benzene rings is 2. The number of anilines is 1. The molecule has 0 unspecified atom stereocenters. The van der Waals surface area contributed by atoms with Crippen molar-refractivity contribution in [1.82, 2.24) is 0 Å². The molecule has 6 heteroatoms. The number of nitrogens with one attached hydrogen (secondary N) is 1. The van der Waals surface area contributed by atoms with Gasteiger partial charge in [0.25, 0.3) is 11.6 Å². The normalized spacial score (nSPS) is 10.4. The first kappa shape index (κ1) is 17.0. The third-order valence-electron chi connectivity index (χ3n) is 3.63. The molecule has 0 bridgehead atoms. The molecular formula is C17H17ClN2O3. The van der Waals surface area contributed by atoms with Crippen molar-refractivity contribution in [2.75, 3.05) is 5.32 Å². The van der Waals surface area contributed by atoms with E-state index in [0.717, 1.165) is 17.5 Å². The number of nitrogens with zero attached hydrogens (tertiary/aromatic N) is 1. The third kappa shape index (κ3) is 3.68. The zero-order valence-corrected chi connectivity index (χ0v) is 13.7. The SMILES string of the molecule is CCc1ccc(Cl)c(CC)c1NC(=O)c1cccc([N+](=O)[O-])c1. The highest BCUT2D eigenvalue weighted by Gasteiger charge is 2.16. The molecule has 0 aromatic heterocycles. The Labute approximate surface area is 139 Å². The van der Waals surface area contributed by atoms with E-state index in [1.807, 2.05) is 26.0 Å². The lowest BCUT2D eigenvalue weighted by molar-refractivity contribution is -0.384. The average Bonchev–Trinajstić information content (AvgIpc) is 2.55. The van der Waals surface area contributed by atoms with E-state index in [4.69, 9.17) is 11.6 Å². The molecule has 0 aliphatic heterocycles. The monoisotopic (exact) mass is 332 g/mol. The van der Waals surface area contributed by atoms with Crippen LogP contribution in [0.4, 0.5) is 11.4 Å². The molecule has 0 fully saturated rings. The number of hydrogen-bond donors (Lipinski definition) is 1. The van der Waals surface area contributed by atoms with Crippen LogP contribution in [0.2, 0.25) is 5.02 Å². The van der Waals surface area contributed by atoms with Crippen LogP contribution in [0.3, 0.4) is 0 Å². The van der Waals surface area contributed by atoms with Crippen molar-refractivity contribution in [3.63, 3.8) is 0 Å². The van der Waals surface area contributed by atoms with Gasteiger partial charge >= 0.3 is 0 Å². The summed E-state index contributed by atoms with van der Waals surface area (Å²) < 4.78 is 0. The van der Waals surface area contributed by atoms with Crippen molar-refractivity contribution >= 4 is 28.9 Å². The van der Waals surface area contributed by atoms with Gasteiger partial charge in [0.2, 0.25) is 0 Å². The van der Waals surface area contributed by atoms with Crippen LogP contribution in [-0.2, 0) is 12.8 Å². The lowest BCUT2D eigenvalue weighted by Gasteiger charge is -2.16. The molecule has 0 saturated carbocycles. The molecule has 1 N–H and O–H groups in total. The standard InChI is InChI=1S/C17H17ClN2O3/c1-3-11-8-9-15(18)14(4-2)16(11)19-17(21)12-6-5-7-13(10-12)20(22)23/h5-10H,3-4H2,1-2H3,(H,19,21). The molecule has 0 atom stereocenters. The Balaban J connectivity index is 2.39. The van der Waals surface area contributed by atoms with E-state index in [-0.39, 0.29) is 17.2 Å². The van der Waals surface area contributed by atoms with Gasteiger partial charge in [-0.15, -0.1) is 0 Å². The van der Waals surface area contributed by atoms with Crippen LogP contribution in [0, 0.1) is 10.1 Å². The zero-order valence-electron chi connectivity index (χ0n) is 12.9. The van der Waals surface area contributed by atoms with Gasteiger partial charge in [0.15, 0.2) is 0 Å². The van der Waals surface area contributed by atoms with Gasteiger partial charge in [0.05, 0.1) is 4.92 Å². The fourth-order valence-electron chi connectivity index (χ4n) is 2.41. The minimum atomic E-state index is -0.523. The van der Waals surface area contributed by atoms with E-state index in [1.54, 1.807) is 6.07 Å². The maximum absolute atomic E-state index is 12.5. The predicted octanol–water partition coefficient (Wildman–Crippen LogP) is 4.63. The van der Waals surface area contributed by atoms with Crippen molar-refractivity contribution in [3.8, 4) is 0 Å². The summed E-state index contributed by atoms with van der Waals surface area (Å²) in [5.74, 6) is -0.389. The first-order chi connectivity index (χ1) is 11.0. The predicted molar refractivity (Wildman–Crippen MR) is 91.3 cm³/mol. The molecule has 2 rings (SSSR count). The maximum Gasteiger partial charge on any atom is 0.270 e. The largest absolute Gasteiger partial charge is 0.321 e. The molecule has 5 nitrogen and oxygen atoms in total. The Hall–Kier alpha value is -2.40. The highest BCUT2D eigenvalue weighted by atomic mass is 35.5. The summed E-state index contributed by atoms with van der Waals surface area (Å²) in [6, 6.07) is 9.35. The second-order valence-corrected chi connectivity index (χ2v) is 5.44. The Kier molecular flexibility index (Phi) is 5.34. The molecule has 0 heterocycles. The van der Waals surface area contributed by atoms with Gasteiger partial charge in [-0.2, -0.15) is 0 Å². The summed E-state index contributed by atoms with van der Waals surface area (Å²) in [5.41, 5.74) is 2.66. The Morgan fingerprint density at radius 3 is 2.57 bits per heavy atom. The highest BCUT2D eigenvalue weighted by molar-refractivity contribution is 6.32. The van der Waals surface area contributed by atoms with Gasteiger partial charge in [0.1, 0.15) is 0 Å². The van der Waals surface area contributed by atoms with E-state index < -0.39 is 4.92 Å². The van der Waals surface area contributed by atoms with Crippen LogP contribution in [0.5, 0.6) is 0 Å². The first-order valence-electron chi connectivity index (χ1n) is 7.34. The number of hydrogen-bond acceptors (Lipinski definition) is 3. The van der Waals surface area contributed by atoms with Crippen LogP contribution in [0.25, 0.3) is 0 Å². The van der Waals surface area contributed by atoms with Gasteiger partial charge < -0.3 is 5.32 Å². The maximum atomic E-state index is 12.5.